The van der Waals surface area contributed by atoms with Gasteiger partial charge in [-0.05, 0) is 19.3 Å². The van der Waals surface area contributed by atoms with Gasteiger partial charge in [0.2, 0.25) is 0 Å². The van der Waals surface area contributed by atoms with Crippen LogP contribution in [0.1, 0.15) is 32.6 Å². The van der Waals surface area contributed by atoms with Crippen molar-refractivity contribution in [3.8, 4) is 0 Å². The first-order valence-electron chi connectivity index (χ1n) is 7.49. The molecule has 1 unspecified atom stereocenters. The van der Waals surface area contributed by atoms with Crippen LogP contribution in [0.15, 0.2) is 0 Å². The molecule has 0 aliphatic carbocycles. The lowest BCUT2D eigenvalue weighted by molar-refractivity contribution is -0.488. The van der Waals surface area contributed by atoms with E-state index in [1.54, 1.807) is 0 Å². The third-order valence-electron chi connectivity index (χ3n) is 4.71. The molecule has 4 fully saturated rings. The number of amides is 1. The van der Waals surface area contributed by atoms with Crippen LogP contribution in [0.2, 0.25) is 0 Å². The molecule has 1 atom stereocenters. The predicted octanol–water partition coefficient (Wildman–Crippen LogP) is 1.89. The van der Waals surface area contributed by atoms with Gasteiger partial charge in [-0.3, -0.25) is 0 Å². The normalized spacial score (nSPS) is 40.9. The maximum atomic E-state index is 11.1. The van der Waals surface area contributed by atoms with Crippen molar-refractivity contribution < 1.29 is 24.1 Å². The van der Waals surface area contributed by atoms with Crippen LogP contribution < -0.4 is 0 Å². The summed E-state index contributed by atoms with van der Waals surface area (Å²) in [6.45, 7) is 5.13. The van der Waals surface area contributed by atoms with Gasteiger partial charge < -0.3 is 24.2 Å². The number of nitrogens with zero attached hydrogens (tertiary/aromatic N) is 1. The SMILES string of the molecule is CCCC12COC(C3CCCN(C(=O)O)C3)(OC1)OC2. The first kappa shape index (κ1) is 14.1. The molecule has 114 valence electrons. The fourth-order valence-corrected chi connectivity index (χ4v) is 3.55. The zero-order valence-corrected chi connectivity index (χ0v) is 12.0. The van der Waals surface area contributed by atoms with Gasteiger partial charge >= 0.3 is 6.09 Å². The molecule has 0 aromatic heterocycles. The van der Waals surface area contributed by atoms with E-state index in [2.05, 4.69) is 6.92 Å². The highest BCUT2D eigenvalue weighted by Gasteiger charge is 2.56. The van der Waals surface area contributed by atoms with Crippen LogP contribution >= 0.6 is 0 Å². The van der Waals surface area contributed by atoms with Crippen LogP contribution in [0.25, 0.3) is 0 Å². The van der Waals surface area contributed by atoms with Crippen LogP contribution in [-0.2, 0) is 14.2 Å². The second kappa shape index (κ2) is 5.16. The fourth-order valence-electron chi connectivity index (χ4n) is 3.55. The second-order valence-corrected chi connectivity index (χ2v) is 6.29. The van der Waals surface area contributed by atoms with E-state index in [0.29, 0.717) is 32.9 Å². The fraction of sp³-hybridized carbons (Fsp3) is 0.929. The van der Waals surface area contributed by atoms with E-state index in [-0.39, 0.29) is 11.3 Å². The molecule has 0 aromatic carbocycles. The Balaban J connectivity index is 1.68. The molecule has 20 heavy (non-hydrogen) atoms. The maximum Gasteiger partial charge on any atom is 0.407 e. The minimum Gasteiger partial charge on any atom is -0.465 e. The van der Waals surface area contributed by atoms with Crippen molar-refractivity contribution in [1.29, 1.82) is 0 Å². The lowest BCUT2D eigenvalue weighted by Gasteiger charge is -2.55. The molecule has 4 aliphatic heterocycles. The molecule has 6 heteroatoms. The number of fused-ring (bicyclic) bond motifs is 3. The van der Waals surface area contributed by atoms with Gasteiger partial charge in [0, 0.05) is 18.5 Å². The number of ether oxygens (including phenoxy) is 3. The standard InChI is InChI=1S/C14H23NO5/c1-2-5-13-8-18-14(19-9-13,20-10-13)11-4-3-6-15(7-11)12(16)17/h11H,2-10H2,1H3,(H,16,17). The van der Waals surface area contributed by atoms with Crippen LogP contribution in [0.3, 0.4) is 0 Å². The zero-order valence-electron chi connectivity index (χ0n) is 12.0. The van der Waals surface area contributed by atoms with Gasteiger partial charge in [0.15, 0.2) is 0 Å². The van der Waals surface area contributed by atoms with Crippen molar-refractivity contribution in [2.24, 2.45) is 11.3 Å². The number of carbonyl (C=O) groups is 1. The van der Waals surface area contributed by atoms with E-state index in [0.717, 1.165) is 25.7 Å². The Bertz CT molecular complexity index is 361. The number of carboxylic acid groups (broad SMARTS) is 1. The van der Waals surface area contributed by atoms with E-state index in [1.807, 2.05) is 0 Å². The summed E-state index contributed by atoms with van der Waals surface area (Å²) >= 11 is 0. The average Bonchev–Trinajstić information content (AvgIpc) is 2.49. The third kappa shape index (κ3) is 2.29. The molecule has 4 heterocycles. The summed E-state index contributed by atoms with van der Waals surface area (Å²) in [5, 5.41) is 9.14. The van der Waals surface area contributed by atoms with Gasteiger partial charge in [0.25, 0.3) is 5.97 Å². The highest BCUT2D eigenvalue weighted by Crippen LogP contribution is 2.46. The Hall–Kier alpha value is -0.850. The number of hydrogen-bond acceptors (Lipinski definition) is 4. The topological polar surface area (TPSA) is 68.2 Å². The minimum absolute atomic E-state index is 0.00233. The number of hydrogen-bond donors (Lipinski definition) is 1. The molecular formula is C14H23NO5. The van der Waals surface area contributed by atoms with Crippen LogP contribution in [0.5, 0.6) is 0 Å². The Kier molecular flexibility index (Phi) is 3.64. The first-order valence-corrected chi connectivity index (χ1v) is 7.49. The number of piperidine rings is 1. The molecule has 6 nitrogen and oxygen atoms in total. The molecular weight excluding hydrogens is 262 g/mol. The summed E-state index contributed by atoms with van der Waals surface area (Å²) in [6.07, 6.45) is 2.95. The number of rotatable bonds is 3. The zero-order chi connectivity index (χ0) is 14.2. The van der Waals surface area contributed by atoms with E-state index < -0.39 is 12.1 Å². The Labute approximate surface area is 119 Å². The predicted molar refractivity (Wildman–Crippen MR) is 70.2 cm³/mol. The first-order chi connectivity index (χ1) is 9.59. The summed E-state index contributed by atoms with van der Waals surface area (Å²) in [4.78, 5) is 12.6. The highest BCUT2D eigenvalue weighted by atomic mass is 16.9. The Morgan fingerprint density at radius 3 is 2.50 bits per heavy atom. The van der Waals surface area contributed by atoms with E-state index >= 15 is 0 Å². The summed E-state index contributed by atoms with van der Waals surface area (Å²) in [6, 6.07) is 0. The van der Waals surface area contributed by atoms with E-state index in [4.69, 9.17) is 19.3 Å². The second-order valence-electron chi connectivity index (χ2n) is 6.29. The Morgan fingerprint density at radius 2 is 1.95 bits per heavy atom. The van der Waals surface area contributed by atoms with Crippen LogP contribution in [0, 0.1) is 11.3 Å². The molecule has 2 bridgehead atoms. The largest absolute Gasteiger partial charge is 0.465 e. The van der Waals surface area contributed by atoms with Gasteiger partial charge in [0.1, 0.15) is 0 Å². The molecule has 4 aliphatic rings. The van der Waals surface area contributed by atoms with Gasteiger partial charge in [-0.15, -0.1) is 0 Å². The van der Waals surface area contributed by atoms with E-state index in [9.17, 15) is 4.79 Å². The molecule has 4 rings (SSSR count). The highest BCUT2D eigenvalue weighted by molar-refractivity contribution is 5.65. The van der Waals surface area contributed by atoms with Crippen LogP contribution in [0.4, 0.5) is 4.79 Å². The van der Waals surface area contributed by atoms with Crippen molar-refractivity contribution in [2.75, 3.05) is 32.9 Å². The van der Waals surface area contributed by atoms with Gasteiger partial charge in [0.05, 0.1) is 25.7 Å². The molecule has 0 spiro atoms. The quantitative estimate of drug-likeness (QED) is 0.857. The van der Waals surface area contributed by atoms with Crippen molar-refractivity contribution in [1.82, 2.24) is 4.90 Å². The summed E-state index contributed by atoms with van der Waals surface area (Å²) in [7, 11) is 0. The minimum atomic E-state index is -1.01. The van der Waals surface area contributed by atoms with Gasteiger partial charge in [-0.2, -0.15) is 0 Å². The molecule has 4 saturated heterocycles. The Morgan fingerprint density at radius 1 is 1.30 bits per heavy atom. The molecule has 1 N–H and O–H groups in total. The van der Waals surface area contributed by atoms with Crippen molar-refractivity contribution in [3.05, 3.63) is 0 Å². The summed E-state index contributed by atoms with van der Waals surface area (Å²) in [5.41, 5.74) is -0.00233. The van der Waals surface area contributed by atoms with Crippen molar-refractivity contribution in [2.45, 2.75) is 38.6 Å². The molecule has 0 radical (unpaired) electrons. The number of likely N-dealkylation sites (tertiary alicyclic amines) is 1. The lowest BCUT2D eigenvalue weighted by Crippen LogP contribution is -2.65. The van der Waals surface area contributed by atoms with Crippen molar-refractivity contribution >= 4 is 6.09 Å². The monoisotopic (exact) mass is 285 g/mol. The van der Waals surface area contributed by atoms with Crippen molar-refractivity contribution in [3.63, 3.8) is 0 Å². The molecule has 0 saturated carbocycles. The van der Waals surface area contributed by atoms with Gasteiger partial charge in [-0.1, -0.05) is 13.3 Å². The molecule has 1 amide bonds. The third-order valence-corrected chi connectivity index (χ3v) is 4.71. The smallest absolute Gasteiger partial charge is 0.407 e. The summed E-state index contributed by atoms with van der Waals surface area (Å²) in [5.74, 6) is -1.05. The van der Waals surface area contributed by atoms with Gasteiger partial charge in [-0.25, -0.2) is 4.79 Å². The van der Waals surface area contributed by atoms with Crippen LogP contribution in [-0.4, -0.2) is 55.0 Å². The average molecular weight is 285 g/mol. The molecule has 0 aromatic rings. The van der Waals surface area contributed by atoms with E-state index in [1.165, 1.54) is 4.90 Å². The summed E-state index contributed by atoms with van der Waals surface area (Å²) < 4.78 is 17.8. The lowest BCUT2D eigenvalue weighted by atomic mass is 9.82. The maximum absolute atomic E-state index is 11.1.